The number of carbonyl (C=O) groups is 2. The fourth-order valence-electron chi connectivity index (χ4n) is 2.15. The third kappa shape index (κ3) is 4.08. The Kier molecular flexibility index (Phi) is 4.97. The average Bonchev–Trinajstić information content (AvgIpc) is 2.99. The monoisotopic (exact) mass is 295 g/mol. The van der Waals surface area contributed by atoms with Crippen molar-refractivity contribution < 1.29 is 18.7 Å². The quantitative estimate of drug-likeness (QED) is 0.886. The Morgan fingerprint density at radius 1 is 1.33 bits per heavy atom. The SMILES string of the molecule is COc1ccc(NC(=O)NCC(=O)N2CCCC2)cc1F. The molecule has 6 nitrogen and oxygen atoms in total. The number of urea groups is 1. The summed E-state index contributed by atoms with van der Waals surface area (Å²) in [5.74, 6) is -0.572. The second kappa shape index (κ2) is 6.92. The molecule has 1 saturated heterocycles. The first-order valence-electron chi connectivity index (χ1n) is 6.76. The summed E-state index contributed by atoms with van der Waals surface area (Å²) in [7, 11) is 1.36. The zero-order valence-corrected chi connectivity index (χ0v) is 11.8. The molecule has 0 aliphatic carbocycles. The van der Waals surface area contributed by atoms with Gasteiger partial charge in [-0.05, 0) is 25.0 Å². The number of anilines is 1. The fourth-order valence-corrected chi connectivity index (χ4v) is 2.15. The number of hydrogen-bond acceptors (Lipinski definition) is 3. The van der Waals surface area contributed by atoms with E-state index in [1.54, 1.807) is 4.90 Å². The molecule has 1 aromatic rings. The molecule has 21 heavy (non-hydrogen) atoms. The van der Waals surface area contributed by atoms with Crippen LogP contribution in [0.3, 0.4) is 0 Å². The van der Waals surface area contributed by atoms with Gasteiger partial charge in [-0.1, -0.05) is 0 Å². The van der Waals surface area contributed by atoms with E-state index in [0.717, 1.165) is 32.0 Å². The molecule has 1 aliphatic heterocycles. The zero-order valence-electron chi connectivity index (χ0n) is 11.8. The van der Waals surface area contributed by atoms with E-state index >= 15 is 0 Å². The molecule has 0 unspecified atom stereocenters. The number of ether oxygens (including phenoxy) is 1. The van der Waals surface area contributed by atoms with Crippen molar-refractivity contribution in [3.8, 4) is 5.75 Å². The van der Waals surface area contributed by atoms with E-state index in [0.29, 0.717) is 5.69 Å². The molecule has 1 aliphatic rings. The van der Waals surface area contributed by atoms with E-state index in [1.165, 1.54) is 19.2 Å². The van der Waals surface area contributed by atoms with Gasteiger partial charge in [0.05, 0.1) is 13.7 Å². The van der Waals surface area contributed by atoms with Crippen molar-refractivity contribution in [1.29, 1.82) is 0 Å². The summed E-state index contributed by atoms with van der Waals surface area (Å²) in [6.45, 7) is 1.42. The van der Waals surface area contributed by atoms with Crippen LogP contribution < -0.4 is 15.4 Å². The summed E-state index contributed by atoms with van der Waals surface area (Å²) in [5.41, 5.74) is 0.291. The van der Waals surface area contributed by atoms with E-state index in [4.69, 9.17) is 4.74 Å². The Balaban J connectivity index is 1.81. The van der Waals surface area contributed by atoms with Gasteiger partial charge < -0.3 is 20.3 Å². The second-order valence-electron chi connectivity index (χ2n) is 4.74. The zero-order chi connectivity index (χ0) is 15.2. The summed E-state index contributed by atoms with van der Waals surface area (Å²) in [6.07, 6.45) is 2.01. The Labute approximate surface area is 122 Å². The van der Waals surface area contributed by atoms with Crippen molar-refractivity contribution in [2.24, 2.45) is 0 Å². The standard InChI is InChI=1S/C14H18FN3O3/c1-21-12-5-4-10(8-11(12)15)17-14(20)16-9-13(19)18-6-2-3-7-18/h4-5,8H,2-3,6-7,9H2,1H3,(H2,16,17,20). The molecule has 1 fully saturated rings. The van der Waals surface area contributed by atoms with E-state index in [2.05, 4.69) is 10.6 Å². The average molecular weight is 295 g/mol. The third-order valence-electron chi connectivity index (χ3n) is 3.27. The van der Waals surface area contributed by atoms with Crippen molar-refractivity contribution in [2.75, 3.05) is 32.1 Å². The molecule has 7 heteroatoms. The van der Waals surface area contributed by atoms with Crippen LogP contribution in [0.25, 0.3) is 0 Å². The lowest BCUT2D eigenvalue weighted by Crippen LogP contribution is -2.40. The normalized spacial score (nSPS) is 13.9. The van der Waals surface area contributed by atoms with Crippen LogP contribution in [0.5, 0.6) is 5.75 Å². The molecule has 1 aromatic carbocycles. The first kappa shape index (κ1) is 15.1. The van der Waals surface area contributed by atoms with Crippen molar-refractivity contribution in [3.05, 3.63) is 24.0 Å². The summed E-state index contributed by atoms with van der Waals surface area (Å²) in [4.78, 5) is 25.1. The molecular formula is C14H18FN3O3. The first-order chi connectivity index (χ1) is 10.1. The number of likely N-dealkylation sites (tertiary alicyclic amines) is 1. The van der Waals surface area contributed by atoms with Gasteiger partial charge in [-0.3, -0.25) is 4.79 Å². The van der Waals surface area contributed by atoms with Gasteiger partial charge in [0.2, 0.25) is 5.91 Å². The second-order valence-corrected chi connectivity index (χ2v) is 4.74. The Bertz CT molecular complexity index is 530. The van der Waals surface area contributed by atoms with Crippen LogP contribution in [0.15, 0.2) is 18.2 Å². The lowest BCUT2D eigenvalue weighted by molar-refractivity contribution is -0.128. The fraction of sp³-hybridized carbons (Fsp3) is 0.429. The highest BCUT2D eigenvalue weighted by molar-refractivity contribution is 5.92. The summed E-state index contributed by atoms with van der Waals surface area (Å²) >= 11 is 0. The lowest BCUT2D eigenvalue weighted by atomic mass is 10.3. The maximum Gasteiger partial charge on any atom is 0.319 e. The number of methoxy groups -OCH3 is 1. The number of nitrogens with zero attached hydrogens (tertiary/aromatic N) is 1. The highest BCUT2D eigenvalue weighted by Gasteiger charge is 2.18. The molecule has 0 saturated carbocycles. The molecule has 3 amide bonds. The minimum Gasteiger partial charge on any atom is -0.494 e. The summed E-state index contributed by atoms with van der Waals surface area (Å²) in [5, 5.41) is 4.92. The molecule has 0 spiro atoms. The third-order valence-corrected chi connectivity index (χ3v) is 3.27. The number of benzene rings is 1. The van der Waals surface area contributed by atoms with Gasteiger partial charge in [0.1, 0.15) is 0 Å². The van der Waals surface area contributed by atoms with Crippen molar-refractivity contribution in [3.63, 3.8) is 0 Å². The maximum atomic E-state index is 13.5. The highest BCUT2D eigenvalue weighted by atomic mass is 19.1. The predicted molar refractivity (Wildman–Crippen MR) is 75.8 cm³/mol. The Morgan fingerprint density at radius 3 is 2.67 bits per heavy atom. The van der Waals surface area contributed by atoms with E-state index in [9.17, 15) is 14.0 Å². The highest BCUT2D eigenvalue weighted by Crippen LogP contribution is 2.20. The van der Waals surface area contributed by atoms with Crippen LogP contribution in [0.1, 0.15) is 12.8 Å². The van der Waals surface area contributed by atoms with Gasteiger partial charge in [-0.25, -0.2) is 9.18 Å². The summed E-state index contributed by atoms with van der Waals surface area (Å²) < 4.78 is 18.2. The van der Waals surface area contributed by atoms with Gasteiger partial charge in [0.25, 0.3) is 0 Å². The van der Waals surface area contributed by atoms with E-state index in [-0.39, 0.29) is 18.2 Å². The van der Waals surface area contributed by atoms with E-state index in [1.807, 2.05) is 0 Å². The van der Waals surface area contributed by atoms with Crippen molar-refractivity contribution in [1.82, 2.24) is 10.2 Å². The molecule has 0 aromatic heterocycles. The minimum atomic E-state index is -0.566. The van der Waals surface area contributed by atoms with Crippen LogP contribution in [0.2, 0.25) is 0 Å². The van der Waals surface area contributed by atoms with Crippen LogP contribution in [0, 0.1) is 5.82 Å². The largest absolute Gasteiger partial charge is 0.494 e. The number of rotatable bonds is 4. The van der Waals surface area contributed by atoms with Crippen LogP contribution in [-0.2, 0) is 4.79 Å². The molecule has 2 rings (SSSR count). The smallest absolute Gasteiger partial charge is 0.319 e. The van der Waals surface area contributed by atoms with Crippen molar-refractivity contribution in [2.45, 2.75) is 12.8 Å². The lowest BCUT2D eigenvalue weighted by Gasteiger charge is -2.15. The molecule has 0 radical (unpaired) electrons. The topological polar surface area (TPSA) is 70.7 Å². The van der Waals surface area contributed by atoms with Gasteiger partial charge in [0.15, 0.2) is 11.6 Å². The van der Waals surface area contributed by atoms with Gasteiger partial charge in [0, 0.05) is 24.8 Å². The van der Waals surface area contributed by atoms with Crippen LogP contribution >= 0.6 is 0 Å². The van der Waals surface area contributed by atoms with Gasteiger partial charge in [-0.2, -0.15) is 0 Å². The number of amides is 3. The van der Waals surface area contributed by atoms with Crippen LogP contribution in [-0.4, -0.2) is 43.6 Å². The van der Waals surface area contributed by atoms with Crippen LogP contribution in [0.4, 0.5) is 14.9 Å². The minimum absolute atomic E-state index is 0.0650. The molecule has 2 N–H and O–H groups in total. The van der Waals surface area contributed by atoms with Gasteiger partial charge >= 0.3 is 6.03 Å². The number of nitrogens with one attached hydrogen (secondary N) is 2. The first-order valence-corrected chi connectivity index (χ1v) is 6.76. The molecular weight excluding hydrogens is 277 g/mol. The molecule has 0 atom stereocenters. The van der Waals surface area contributed by atoms with E-state index < -0.39 is 11.8 Å². The predicted octanol–water partition coefficient (Wildman–Crippen LogP) is 1.58. The maximum absolute atomic E-state index is 13.5. The van der Waals surface area contributed by atoms with Gasteiger partial charge in [-0.15, -0.1) is 0 Å². The number of hydrogen-bond donors (Lipinski definition) is 2. The Hall–Kier alpha value is -2.31. The number of halogens is 1. The molecule has 114 valence electrons. The Morgan fingerprint density at radius 2 is 2.05 bits per heavy atom. The number of carbonyl (C=O) groups excluding carboxylic acids is 2. The van der Waals surface area contributed by atoms with Crippen molar-refractivity contribution >= 4 is 17.6 Å². The molecule has 0 bridgehead atoms. The summed E-state index contributed by atoms with van der Waals surface area (Å²) in [6, 6.07) is 3.54. The molecule has 1 heterocycles.